The summed E-state index contributed by atoms with van der Waals surface area (Å²) in [6.45, 7) is 4.58. The van der Waals surface area contributed by atoms with Crippen molar-refractivity contribution in [1.82, 2.24) is 10.1 Å². The van der Waals surface area contributed by atoms with Gasteiger partial charge < -0.3 is 18.4 Å². The summed E-state index contributed by atoms with van der Waals surface area (Å²) in [4.78, 5) is 4.28. The van der Waals surface area contributed by atoms with Crippen LogP contribution >= 0.6 is 0 Å². The summed E-state index contributed by atoms with van der Waals surface area (Å²) in [5.74, 6) is 3.31. The van der Waals surface area contributed by atoms with Crippen LogP contribution in [0.4, 0.5) is 0 Å². The summed E-state index contributed by atoms with van der Waals surface area (Å²) in [7, 11) is 0. The molecule has 0 saturated carbocycles. The molecule has 1 fully saturated rings. The topological polar surface area (TPSA) is 70.5 Å². The molecule has 3 heterocycles. The molecule has 0 aromatic carbocycles. The molecule has 0 bridgehead atoms. The largest absolute Gasteiger partial charge is 0.466 e. The van der Waals surface area contributed by atoms with Gasteiger partial charge >= 0.3 is 0 Å². The van der Waals surface area contributed by atoms with E-state index in [9.17, 15) is 0 Å². The van der Waals surface area contributed by atoms with Crippen LogP contribution in [0.15, 0.2) is 21.1 Å². The fourth-order valence-electron chi connectivity index (χ4n) is 2.18. The number of ether oxygens (including phenoxy) is 2. The van der Waals surface area contributed by atoms with Gasteiger partial charge in [0, 0.05) is 12.5 Å². The average Bonchev–Trinajstić information content (AvgIpc) is 3.14. The van der Waals surface area contributed by atoms with Crippen LogP contribution in [0, 0.1) is 12.8 Å². The number of aromatic nitrogens is 2. The first-order valence-corrected chi connectivity index (χ1v) is 6.82. The van der Waals surface area contributed by atoms with Gasteiger partial charge in [0.25, 0.3) is 0 Å². The van der Waals surface area contributed by atoms with Crippen molar-refractivity contribution in [3.63, 3.8) is 0 Å². The molecule has 0 spiro atoms. The summed E-state index contributed by atoms with van der Waals surface area (Å²) in [6.07, 6.45) is 1.58. The number of aryl methyl sites for hydroxylation is 1. The van der Waals surface area contributed by atoms with Crippen LogP contribution in [0.25, 0.3) is 0 Å². The monoisotopic (exact) mass is 278 g/mol. The van der Waals surface area contributed by atoms with Crippen molar-refractivity contribution in [2.75, 3.05) is 19.8 Å². The van der Waals surface area contributed by atoms with E-state index in [4.69, 9.17) is 18.4 Å². The van der Waals surface area contributed by atoms with Gasteiger partial charge in [-0.1, -0.05) is 5.16 Å². The first kappa shape index (κ1) is 13.3. The Morgan fingerprint density at radius 2 is 2.35 bits per heavy atom. The smallest absolute Gasteiger partial charge is 0.234 e. The summed E-state index contributed by atoms with van der Waals surface area (Å²) < 4.78 is 21.5. The third-order valence-electron chi connectivity index (χ3n) is 3.24. The van der Waals surface area contributed by atoms with Gasteiger partial charge in [0.2, 0.25) is 5.89 Å². The van der Waals surface area contributed by atoms with E-state index in [1.54, 1.807) is 0 Å². The van der Waals surface area contributed by atoms with Gasteiger partial charge in [0.15, 0.2) is 5.82 Å². The Hall–Kier alpha value is -1.66. The zero-order valence-corrected chi connectivity index (χ0v) is 11.5. The molecule has 0 N–H and O–H groups in total. The molecule has 1 atom stereocenters. The molecule has 0 radical (unpaired) electrons. The van der Waals surface area contributed by atoms with Gasteiger partial charge in [-0.3, -0.25) is 0 Å². The highest BCUT2D eigenvalue weighted by Crippen LogP contribution is 2.14. The Morgan fingerprint density at radius 1 is 1.40 bits per heavy atom. The molecule has 1 aliphatic rings. The van der Waals surface area contributed by atoms with E-state index < -0.39 is 0 Å². The van der Waals surface area contributed by atoms with E-state index in [2.05, 4.69) is 10.1 Å². The molecule has 1 unspecified atom stereocenters. The number of hydrogen-bond acceptors (Lipinski definition) is 6. The Labute approximate surface area is 117 Å². The normalized spacial score (nSPS) is 18.8. The first-order chi connectivity index (χ1) is 9.79. The lowest BCUT2D eigenvalue weighted by Crippen LogP contribution is -2.09. The highest BCUT2D eigenvalue weighted by atomic mass is 16.5. The second-order valence-electron chi connectivity index (χ2n) is 5.04. The van der Waals surface area contributed by atoms with Crippen LogP contribution in [0.2, 0.25) is 0 Å². The van der Waals surface area contributed by atoms with Crippen LogP contribution in [0.3, 0.4) is 0 Å². The number of furan rings is 1. The van der Waals surface area contributed by atoms with Crippen LogP contribution < -0.4 is 0 Å². The quantitative estimate of drug-likeness (QED) is 0.806. The molecule has 0 aliphatic carbocycles. The minimum Gasteiger partial charge on any atom is -0.466 e. The van der Waals surface area contributed by atoms with Crippen LogP contribution in [0.1, 0.15) is 29.7 Å². The van der Waals surface area contributed by atoms with Crippen molar-refractivity contribution >= 4 is 0 Å². The van der Waals surface area contributed by atoms with Crippen molar-refractivity contribution in [3.05, 3.63) is 35.4 Å². The van der Waals surface area contributed by atoms with Crippen molar-refractivity contribution < 1.29 is 18.4 Å². The minimum atomic E-state index is 0.372. The SMILES string of the molecule is Cc1ccc(Cc2nc(COCC3CCOC3)no2)o1. The Kier molecular flexibility index (Phi) is 4.13. The van der Waals surface area contributed by atoms with Crippen molar-refractivity contribution in [1.29, 1.82) is 0 Å². The first-order valence-electron chi connectivity index (χ1n) is 6.82. The lowest BCUT2D eigenvalue weighted by molar-refractivity contribution is 0.0742. The van der Waals surface area contributed by atoms with E-state index in [0.717, 1.165) is 31.2 Å². The molecule has 20 heavy (non-hydrogen) atoms. The molecule has 1 saturated heterocycles. The van der Waals surface area contributed by atoms with E-state index >= 15 is 0 Å². The lowest BCUT2D eigenvalue weighted by Gasteiger charge is -2.06. The summed E-state index contributed by atoms with van der Waals surface area (Å²) in [5, 5.41) is 3.90. The van der Waals surface area contributed by atoms with E-state index in [1.165, 1.54) is 0 Å². The third kappa shape index (κ3) is 3.46. The second-order valence-corrected chi connectivity index (χ2v) is 5.04. The molecule has 0 amide bonds. The maximum Gasteiger partial charge on any atom is 0.234 e. The zero-order valence-electron chi connectivity index (χ0n) is 11.5. The van der Waals surface area contributed by atoms with Gasteiger partial charge in [-0.15, -0.1) is 0 Å². The molecular formula is C14H18N2O4. The third-order valence-corrected chi connectivity index (χ3v) is 3.24. The molecule has 108 valence electrons. The minimum absolute atomic E-state index is 0.372. The van der Waals surface area contributed by atoms with Crippen LogP contribution in [-0.2, 0) is 22.5 Å². The molecule has 2 aromatic heterocycles. The maximum atomic E-state index is 5.58. The molecule has 3 rings (SSSR count). The average molecular weight is 278 g/mol. The molecule has 6 heteroatoms. The summed E-state index contributed by atoms with van der Waals surface area (Å²) >= 11 is 0. The fraction of sp³-hybridized carbons (Fsp3) is 0.571. The highest BCUT2D eigenvalue weighted by molar-refractivity contribution is 5.09. The maximum absolute atomic E-state index is 5.58. The van der Waals surface area contributed by atoms with Crippen molar-refractivity contribution in [2.45, 2.75) is 26.4 Å². The number of rotatable bonds is 6. The summed E-state index contributed by atoms with van der Waals surface area (Å²) in [5.41, 5.74) is 0. The van der Waals surface area contributed by atoms with Crippen LogP contribution in [0.5, 0.6) is 0 Å². The summed E-state index contributed by atoms with van der Waals surface area (Å²) in [6, 6.07) is 3.83. The fourth-order valence-corrected chi connectivity index (χ4v) is 2.18. The molecule has 2 aromatic rings. The zero-order chi connectivity index (χ0) is 13.8. The Morgan fingerprint density at radius 3 is 3.10 bits per heavy atom. The highest BCUT2D eigenvalue weighted by Gasteiger charge is 2.16. The molecule has 6 nitrogen and oxygen atoms in total. The van der Waals surface area contributed by atoms with Gasteiger partial charge in [-0.05, 0) is 25.5 Å². The van der Waals surface area contributed by atoms with E-state index in [1.807, 2.05) is 19.1 Å². The van der Waals surface area contributed by atoms with Crippen LogP contribution in [-0.4, -0.2) is 30.0 Å². The van der Waals surface area contributed by atoms with E-state index in [0.29, 0.717) is 37.3 Å². The number of nitrogens with zero attached hydrogens (tertiary/aromatic N) is 2. The lowest BCUT2D eigenvalue weighted by atomic mass is 10.1. The Bertz CT molecular complexity index is 543. The second kappa shape index (κ2) is 6.19. The van der Waals surface area contributed by atoms with Gasteiger partial charge in [-0.25, -0.2) is 0 Å². The Balaban J connectivity index is 1.46. The standard InChI is InChI=1S/C14H18N2O4/c1-10-2-3-12(19-10)6-14-15-13(16-20-14)9-18-8-11-4-5-17-7-11/h2-3,11H,4-9H2,1H3. The van der Waals surface area contributed by atoms with Crippen molar-refractivity contribution in [2.24, 2.45) is 5.92 Å². The number of hydrogen-bond donors (Lipinski definition) is 0. The van der Waals surface area contributed by atoms with Crippen molar-refractivity contribution in [3.8, 4) is 0 Å². The molecule has 1 aliphatic heterocycles. The van der Waals surface area contributed by atoms with Gasteiger partial charge in [0.05, 0.1) is 19.6 Å². The predicted octanol–water partition coefficient (Wildman–Crippen LogP) is 2.11. The van der Waals surface area contributed by atoms with E-state index in [-0.39, 0.29) is 0 Å². The van der Waals surface area contributed by atoms with Gasteiger partial charge in [0.1, 0.15) is 18.1 Å². The van der Waals surface area contributed by atoms with Gasteiger partial charge in [-0.2, -0.15) is 4.98 Å². The molecular weight excluding hydrogens is 260 g/mol. The predicted molar refractivity (Wildman–Crippen MR) is 69.1 cm³/mol.